The van der Waals surface area contributed by atoms with E-state index in [0.29, 0.717) is 11.3 Å². The Morgan fingerprint density at radius 1 is 1.15 bits per heavy atom. The first-order valence-corrected chi connectivity index (χ1v) is 8.02. The molecular weight excluding hydrogens is 357 g/mol. The molecule has 1 spiro atoms. The summed E-state index contributed by atoms with van der Waals surface area (Å²) in [4.78, 5) is 42.0. The van der Waals surface area contributed by atoms with E-state index in [0.717, 1.165) is 17.0 Å². The molecule has 0 aliphatic carbocycles. The Morgan fingerprint density at radius 3 is 2.59 bits per heavy atom. The van der Waals surface area contributed by atoms with Crippen LogP contribution in [0.5, 0.6) is 0 Å². The third-order valence-corrected chi connectivity index (χ3v) is 4.54. The molecule has 2 aliphatic heterocycles. The lowest BCUT2D eigenvalue weighted by atomic mass is 9.92. The normalized spacial score (nSPS) is 21.5. The summed E-state index contributed by atoms with van der Waals surface area (Å²) < 4.78 is 13.1. The molecule has 0 saturated carbocycles. The van der Waals surface area contributed by atoms with Crippen molar-refractivity contribution in [3.8, 4) is 0 Å². The molecule has 2 aromatic rings. The second-order valence-corrected chi connectivity index (χ2v) is 6.30. The van der Waals surface area contributed by atoms with Gasteiger partial charge in [-0.15, -0.1) is 0 Å². The van der Waals surface area contributed by atoms with Gasteiger partial charge in [0.15, 0.2) is 0 Å². The summed E-state index contributed by atoms with van der Waals surface area (Å²) >= 11 is 0. The fourth-order valence-corrected chi connectivity index (χ4v) is 3.21. The fraction of sp³-hybridized carbons (Fsp3) is 0.167. The van der Waals surface area contributed by atoms with Gasteiger partial charge in [0.1, 0.15) is 5.82 Å². The molecule has 0 N–H and O–H groups in total. The maximum atomic E-state index is 13.1. The van der Waals surface area contributed by atoms with E-state index in [9.17, 15) is 24.1 Å². The molecule has 1 saturated heterocycles. The molecule has 1 atom stereocenters. The fourth-order valence-electron chi connectivity index (χ4n) is 3.21. The molecule has 2 aromatic carbocycles. The van der Waals surface area contributed by atoms with Crippen molar-refractivity contribution in [2.24, 2.45) is 5.16 Å². The van der Waals surface area contributed by atoms with Gasteiger partial charge in [-0.2, -0.15) is 0 Å². The van der Waals surface area contributed by atoms with Crippen molar-refractivity contribution in [1.29, 1.82) is 0 Å². The number of nitro benzene ring substituents is 1. The molecule has 1 fully saturated rings. The van der Waals surface area contributed by atoms with Crippen LogP contribution in [0.1, 0.15) is 18.4 Å². The topological polar surface area (TPSA) is 102 Å². The average Bonchev–Trinajstić information content (AvgIpc) is 3.18. The molecule has 136 valence electrons. The van der Waals surface area contributed by atoms with E-state index in [-0.39, 0.29) is 24.2 Å². The number of rotatable bonds is 3. The average molecular weight is 369 g/mol. The van der Waals surface area contributed by atoms with Gasteiger partial charge in [0.05, 0.1) is 22.7 Å². The van der Waals surface area contributed by atoms with Crippen LogP contribution in [0.2, 0.25) is 0 Å². The number of nitrogens with zero attached hydrogens (tertiary/aromatic N) is 3. The molecule has 9 heteroatoms. The number of non-ortho nitro benzene ring substituents is 1. The maximum absolute atomic E-state index is 13.1. The molecule has 2 amide bonds. The lowest BCUT2D eigenvalue weighted by Gasteiger charge is -2.19. The zero-order valence-corrected chi connectivity index (χ0v) is 13.8. The molecule has 0 bridgehead atoms. The highest BCUT2D eigenvalue weighted by molar-refractivity contribution is 6.25. The largest absolute Gasteiger partial charge is 0.378 e. The zero-order chi connectivity index (χ0) is 19.2. The van der Waals surface area contributed by atoms with Crippen LogP contribution in [0, 0.1) is 15.9 Å². The maximum Gasteiger partial charge on any atom is 0.281 e. The van der Waals surface area contributed by atoms with Gasteiger partial charge in [-0.3, -0.25) is 19.7 Å². The Labute approximate surface area is 152 Å². The van der Waals surface area contributed by atoms with Crippen molar-refractivity contribution in [3.63, 3.8) is 0 Å². The minimum absolute atomic E-state index is 0.0104. The third-order valence-electron chi connectivity index (χ3n) is 4.54. The highest BCUT2D eigenvalue weighted by atomic mass is 19.1. The zero-order valence-electron chi connectivity index (χ0n) is 13.8. The van der Waals surface area contributed by atoms with Crippen molar-refractivity contribution in [2.75, 3.05) is 4.90 Å². The molecule has 0 aromatic heterocycles. The summed E-state index contributed by atoms with van der Waals surface area (Å²) in [7, 11) is 0. The van der Waals surface area contributed by atoms with Gasteiger partial charge in [0.25, 0.3) is 11.6 Å². The second-order valence-electron chi connectivity index (χ2n) is 6.30. The monoisotopic (exact) mass is 369 g/mol. The molecule has 27 heavy (non-hydrogen) atoms. The highest BCUT2D eigenvalue weighted by Crippen LogP contribution is 2.39. The first-order valence-electron chi connectivity index (χ1n) is 8.02. The second kappa shape index (κ2) is 5.97. The SMILES string of the molecule is O=C1C[C@]2(CC(c3cccc([N+](=O)[O-])c3)=NO2)C(=O)N1c1ccc(F)cc1. The van der Waals surface area contributed by atoms with Crippen LogP contribution < -0.4 is 4.90 Å². The van der Waals surface area contributed by atoms with Gasteiger partial charge < -0.3 is 4.84 Å². The van der Waals surface area contributed by atoms with Gasteiger partial charge >= 0.3 is 0 Å². The minimum atomic E-state index is -1.48. The Bertz CT molecular complexity index is 1000. The highest BCUT2D eigenvalue weighted by Gasteiger charge is 2.58. The summed E-state index contributed by atoms with van der Waals surface area (Å²) in [6.45, 7) is 0. The number of oxime groups is 1. The first kappa shape index (κ1) is 16.8. The van der Waals surface area contributed by atoms with E-state index in [4.69, 9.17) is 4.84 Å². The van der Waals surface area contributed by atoms with Crippen LogP contribution in [0.3, 0.4) is 0 Å². The van der Waals surface area contributed by atoms with Crippen LogP contribution in [0.15, 0.2) is 53.7 Å². The van der Waals surface area contributed by atoms with Crippen molar-refractivity contribution < 1.29 is 23.7 Å². The van der Waals surface area contributed by atoms with E-state index in [1.54, 1.807) is 6.07 Å². The third kappa shape index (κ3) is 2.73. The summed E-state index contributed by atoms with van der Waals surface area (Å²) in [5, 5.41) is 14.8. The predicted molar refractivity (Wildman–Crippen MR) is 91.6 cm³/mol. The number of carbonyl (C=O) groups excluding carboxylic acids is 2. The van der Waals surface area contributed by atoms with E-state index in [1.165, 1.54) is 30.3 Å². The summed E-state index contributed by atoms with van der Waals surface area (Å²) in [5.41, 5.74) is -0.554. The lowest BCUT2D eigenvalue weighted by molar-refractivity contribution is -0.384. The number of amides is 2. The van der Waals surface area contributed by atoms with Gasteiger partial charge in [-0.05, 0) is 24.3 Å². The lowest BCUT2D eigenvalue weighted by Crippen LogP contribution is -2.40. The van der Waals surface area contributed by atoms with Crippen molar-refractivity contribution >= 4 is 28.9 Å². The predicted octanol–water partition coefficient (Wildman–Crippen LogP) is 2.56. The molecule has 2 aliphatic rings. The van der Waals surface area contributed by atoms with Gasteiger partial charge in [-0.1, -0.05) is 17.3 Å². The van der Waals surface area contributed by atoms with Gasteiger partial charge in [0.2, 0.25) is 11.5 Å². The first-order chi connectivity index (χ1) is 12.9. The smallest absolute Gasteiger partial charge is 0.281 e. The van der Waals surface area contributed by atoms with Crippen LogP contribution in [-0.4, -0.2) is 28.1 Å². The number of hydrogen-bond acceptors (Lipinski definition) is 6. The van der Waals surface area contributed by atoms with E-state index < -0.39 is 28.2 Å². The molecule has 0 radical (unpaired) electrons. The number of imide groups is 1. The Morgan fingerprint density at radius 2 is 1.89 bits per heavy atom. The van der Waals surface area contributed by atoms with Crippen LogP contribution in [-0.2, 0) is 14.4 Å². The Balaban J connectivity index is 1.60. The Kier molecular flexibility index (Phi) is 3.72. The van der Waals surface area contributed by atoms with Crippen LogP contribution in [0.25, 0.3) is 0 Å². The van der Waals surface area contributed by atoms with Gasteiger partial charge in [0, 0.05) is 24.1 Å². The van der Waals surface area contributed by atoms with Gasteiger partial charge in [-0.25, -0.2) is 9.29 Å². The number of halogens is 1. The standard InChI is InChI=1S/C18H12FN3O5/c19-12-4-6-13(7-5-12)21-16(23)10-18(17(21)24)9-15(20-27-18)11-2-1-3-14(8-11)22(25)26/h1-8H,9-10H2/t18-/m1/s1. The number of carbonyl (C=O) groups is 2. The van der Waals surface area contributed by atoms with Crippen LogP contribution in [0.4, 0.5) is 15.8 Å². The van der Waals surface area contributed by atoms with E-state index >= 15 is 0 Å². The number of nitro groups is 1. The van der Waals surface area contributed by atoms with Crippen LogP contribution >= 0.6 is 0 Å². The number of hydrogen-bond donors (Lipinski definition) is 0. The quantitative estimate of drug-likeness (QED) is 0.470. The summed E-state index contributed by atoms with van der Waals surface area (Å²) in [6, 6.07) is 10.8. The summed E-state index contributed by atoms with van der Waals surface area (Å²) in [5.74, 6) is -1.56. The molecule has 0 unspecified atom stereocenters. The summed E-state index contributed by atoms with van der Waals surface area (Å²) in [6.07, 6.45) is -0.207. The van der Waals surface area contributed by atoms with E-state index in [2.05, 4.69) is 5.16 Å². The van der Waals surface area contributed by atoms with Crippen molar-refractivity contribution in [2.45, 2.75) is 18.4 Å². The van der Waals surface area contributed by atoms with E-state index in [1.807, 2.05) is 0 Å². The number of anilines is 1. The molecule has 2 heterocycles. The Hall–Kier alpha value is -3.62. The van der Waals surface area contributed by atoms with Crippen molar-refractivity contribution in [3.05, 3.63) is 70.0 Å². The van der Waals surface area contributed by atoms with Crippen molar-refractivity contribution in [1.82, 2.24) is 0 Å². The molecule has 4 rings (SSSR count). The molecular formula is C18H12FN3O5. The minimum Gasteiger partial charge on any atom is -0.378 e. The molecule has 8 nitrogen and oxygen atoms in total. The number of benzene rings is 2.